The Morgan fingerprint density at radius 3 is 1.35 bits per heavy atom. The van der Waals surface area contributed by atoms with Crippen LogP contribution in [-0.2, 0) is 9.59 Å². The Bertz CT molecular complexity index is 850. The summed E-state index contributed by atoms with van der Waals surface area (Å²) in [5.41, 5.74) is 0.654. The molecule has 2 saturated heterocycles. The molecule has 0 aromatic heterocycles. The molecule has 8 nitrogen and oxygen atoms in total. The minimum absolute atomic E-state index is 0.187. The van der Waals surface area contributed by atoms with Crippen LogP contribution in [0, 0.1) is 9.81 Å². The molecule has 0 bridgehead atoms. The lowest BCUT2D eigenvalue weighted by Crippen LogP contribution is -2.39. The summed E-state index contributed by atoms with van der Waals surface area (Å²) in [4.78, 5) is 50.9. The molecule has 4 rings (SSSR count). The number of rotatable bonds is 2. The van der Waals surface area contributed by atoms with Crippen LogP contribution in [0.4, 0.5) is 0 Å². The van der Waals surface area contributed by atoms with E-state index in [0.717, 1.165) is 0 Å². The third-order valence-corrected chi connectivity index (χ3v) is 4.73. The van der Waals surface area contributed by atoms with Gasteiger partial charge in [0.15, 0.2) is 0 Å². The maximum absolute atomic E-state index is 12.7. The molecule has 26 heavy (non-hydrogen) atoms. The van der Waals surface area contributed by atoms with Gasteiger partial charge in [0.05, 0.1) is 9.81 Å². The van der Waals surface area contributed by atoms with Crippen molar-refractivity contribution in [1.82, 2.24) is 10.2 Å². The van der Waals surface area contributed by atoms with E-state index in [1.807, 2.05) is 0 Å². The molecular formula is C16H10Cl2N4O4+2. The highest BCUT2D eigenvalue weighted by Gasteiger charge is 2.74. The fourth-order valence-electron chi connectivity index (χ4n) is 3.01. The number of halogens is 2. The van der Waals surface area contributed by atoms with Gasteiger partial charge >= 0.3 is 23.9 Å². The van der Waals surface area contributed by atoms with Crippen molar-refractivity contribution in [2.75, 3.05) is 0 Å². The molecule has 2 aromatic rings. The van der Waals surface area contributed by atoms with Crippen LogP contribution in [0.1, 0.15) is 23.2 Å². The molecule has 2 aliphatic rings. The van der Waals surface area contributed by atoms with E-state index in [2.05, 4.69) is 0 Å². The van der Waals surface area contributed by atoms with Gasteiger partial charge in [-0.1, -0.05) is 52.5 Å². The second-order valence-corrected chi connectivity index (χ2v) is 6.64. The third-order valence-electron chi connectivity index (χ3n) is 4.23. The van der Waals surface area contributed by atoms with Crippen molar-refractivity contribution >= 4 is 35.0 Å². The minimum atomic E-state index is -1.33. The lowest BCUT2D eigenvalue weighted by molar-refractivity contribution is -0.970. The molecule has 2 unspecified atom stereocenters. The van der Waals surface area contributed by atoms with Crippen LogP contribution in [0.5, 0.6) is 0 Å². The predicted octanol–water partition coefficient (Wildman–Crippen LogP) is 2.76. The van der Waals surface area contributed by atoms with Crippen LogP contribution in [0.2, 0.25) is 10.0 Å². The van der Waals surface area contributed by atoms with Gasteiger partial charge in [0.25, 0.3) is 5.23 Å². The molecule has 0 spiro atoms. The highest BCUT2D eigenvalue weighted by Crippen LogP contribution is 2.38. The number of hydrazine groups is 3. The molecule has 2 atom stereocenters. The van der Waals surface area contributed by atoms with Crippen molar-refractivity contribution in [1.29, 1.82) is 0 Å². The van der Waals surface area contributed by atoms with Crippen molar-refractivity contribution in [3.8, 4) is 0 Å². The van der Waals surface area contributed by atoms with Gasteiger partial charge in [-0.15, -0.1) is 0 Å². The third kappa shape index (κ3) is 2.30. The number of hydrogen-bond acceptors (Lipinski definition) is 4. The average Bonchev–Trinajstić information content (AvgIpc) is 3.03. The molecule has 0 N–H and O–H groups in total. The van der Waals surface area contributed by atoms with Gasteiger partial charge in [0.2, 0.25) is 9.74 Å². The van der Waals surface area contributed by atoms with E-state index in [9.17, 15) is 19.4 Å². The normalized spacial score (nSPS) is 22.4. The lowest BCUT2D eigenvalue weighted by Gasteiger charge is -2.02. The van der Waals surface area contributed by atoms with Gasteiger partial charge in [0.1, 0.15) is 0 Å². The Hall–Kier alpha value is -2.84. The van der Waals surface area contributed by atoms with Gasteiger partial charge in [-0.2, -0.15) is 0 Å². The molecule has 2 fully saturated rings. The zero-order chi connectivity index (χ0) is 18.6. The average molecular weight is 393 g/mol. The number of benzene rings is 2. The summed E-state index contributed by atoms with van der Waals surface area (Å²) in [5, 5.41) is 1.91. The molecule has 10 heteroatoms. The van der Waals surface area contributed by atoms with Crippen LogP contribution in [0.15, 0.2) is 48.5 Å². The Labute approximate surface area is 156 Å². The SMILES string of the molecule is O=C1C(c2ccc(Cl)cc2)[N+](=O)N2N1C(=O)C(c1ccc(Cl)cc1)[N+]2=O. The monoisotopic (exact) mass is 392 g/mol. The fourth-order valence-corrected chi connectivity index (χ4v) is 3.26. The zero-order valence-corrected chi connectivity index (χ0v) is 14.5. The summed E-state index contributed by atoms with van der Waals surface area (Å²) >= 11 is 11.6. The zero-order valence-electron chi connectivity index (χ0n) is 13.0. The molecule has 0 saturated carbocycles. The highest BCUT2D eigenvalue weighted by atomic mass is 35.5. The van der Waals surface area contributed by atoms with E-state index in [-0.39, 0.29) is 9.74 Å². The highest BCUT2D eigenvalue weighted by molar-refractivity contribution is 6.30. The summed E-state index contributed by atoms with van der Waals surface area (Å²) in [6.45, 7) is 0. The summed E-state index contributed by atoms with van der Waals surface area (Å²) in [7, 11) is 0. The second-order valence-electron chi connectivity index (χ2n) is 5.77. The van der Waals surface area contributed by atoms with E-state index in [4.69, 9.17) is 23.2 Å². The quantitative estimate of drug-likeness (QED) is 0.579. The Morgan fingerprint density at radius 2 is 1.04 bits per heavy atom. The van der Waals surface area contributed by atoms with Crippen LogP contribution < -0.4 is 0 Å². The van der Waals surface area contributed by atoms with Crippen molar-refractivity contribution in [3.63, 3.8) is 0 Å². The maximum Gasteiger partial charge on any atom is 0.347 e. The first-order valence-corrected chi connectivity index (χ1v) is 8.27. The Morgan fingerprint density at radius 1 is 0.692 bits per heavy atom. The standard InChI is InChI=1S/C16H10Cl2N4O4/c17-11-5-1-9(2-6-11)13-15(23)19-16(24)14(21(26)22(19)20(13)25)10-3-7-12(18)8-4-10/h1-8,13-14H/q+2. The minimum Gasteiger partial charge on any atom is -0.263 e. The van der Waals surface area contributed by atoms with E-state index >= 15 is 0 Å². The number of carbonyl (C=O) groups excluding carboxylic acids is 2. The predicted molar refractivity (Wildman–Crippen MR) is 89.3 cm³/mol. The molecule has 2 amide bonds. The topological polar surface area (TPSA) is 80.8 Å². The summed E-state index contributed by atoms with van der Waals surface area (Å²) in [5.74, 6) is -1.60. The van der Waals surface area contributed by atoms with E-state index in [1.54, 1.807) is 0 Å². The maximum atomic E-state index is 12.7. The molecular weight excluding hydrogens is 383 g/mol. The van der Waals surface area contributed by atoms with Gasteiger partial charge in [0, 0.05) is 21.2 Å². The lowest BCUT2D eigenvalue weighted by atomic mass is 10.1. The van der Waals surface area contributed by atoms with E-state index < -0.39 is 23.9 Å². The number of amides is 2. The van der Waals surface area contributed by atoms with Gasteiger partial charge < -0.3 is 0 Å². The van der Waals surface area contributed by atoms with Crippen LogP contribution in [0.25, 0.3) is 0 Å². The van der Waals surface area contributed by atoms with E-state index in [0.29, 0.717) is 31.4 Å². The van der Waals surface area contributed by atoms with Gasteiger partial charge in [-0.05, 0) is 24.3 Å². The first-order chi connectivity index (χ1) is 12.4. The van der Waals surface area contributed by atoms with Crippen molar-refractivity contribution in [3.05, 3.63) is 79.5 Å². The largest absolute Gasteiger partial charge is 0.347 e. The Balaban J connectivity index is 1.71. The molecule has 2 aliphatic heterocycles. The molecule has 0 radical (unpaired) electrons. The van der Waals surface area contributed by atoms with Crippen molar-refractivity contribution in [2.45, 2.75) is 12.1 Å². The van der Waals surface area contributed by atoms with Gasteiger partial charge in [-0.25, -0.2) is 0 Å². The summed E-state index contributed by atoms with van der Waals surface area (Å²) < 4.78 is 0. The number of nitroso groups, excluding NO2 is 2. The number of imide groups is 1. The number of hydrogen-bond donors (Lipinski definition) is 0. The molecule has 2 heterocycles. The van der Waals surface area contributed by atoms with Crippen molar-refractivity contribution < 1.29 is 19.3 Å². The molecule has 130 valence electrons. The van der Waals surface area contributed by atoms with Crippen molar-refractivity contribution in [2.24, 2.45) is 0 Å². The first kappa shape index (κ1) is 16.6. The van der Waals surface area contributed by atoms with Gasteiger partial charge in [-0.3, -0.25) is 9.59 Å². The number of nitrogens with zero attached hydrogens (tertiary/aromatic N) is 4. The fraction of sp³-hybridized carbons (Fsp3) is 0.125. The molecule has 0 aliphatic carbocycles. The smallest absolute Gasteiger partial charge is 0.263 e. The summed E-state index contributed by atoms with van der Waals surface area (Å²) in [6.07, 6.45) is 0. The molecule has 2 aromatic carbocycles. The van der Waals surface area contributed by atoms with E-state index in [1.165, 1.54) is 48.5 Å². The Kier molecular flexibility index (Phi) is 3.74. The second kappa shape index (κ2) is 5.86. The summed E-state index contributed by atoms with van der Waals surface area (Å²) in [6, 6.07) is 9.38. The van der Waals surface area contributed by atoms with Crippen LogP contribution in [-0.4, -0.2) is 31.8 Å². The van der Waals surface area contributed by atoms with Crippen LogP contribution in [0.3, 0.4) is 0 Å². The van der Waals surface area contributed by atoms with Crippen LogP contribution >= 0.6 is 23.2 Å². The first-order valence-electron chi connectivity index (χ1n) is 7.51. The number of carbonyl (C=O) groups is 2. The number of fused-ring (bicyclic) bond motifs is 1.